The third-order valence-corrected chi connectivity index (χ3v) is 3.21. The highest BCUT2D eigenvalue weighted by atomic mass is 16.6. The van der Waals surface area contributed by atoms with Gasteiger partial charge in [0.2, 0.25) is 5.41 Å². The second kappa shape index (κ2) is 3.81. The molecule has 2 aromatic carbocycles. The molecule has 0 saturated carbocycles. The Bertz CT molecular complexity index is 547. The Morgan fingerprint density at radius 2 is 1.06 bits per heavy atom. The molecule has 0 spiro atoms. The molecule has 0 aliphatic carbocycles. The lowest BCUT2D eigenvalue weighted by Crippen LogP contribution is -2.57. The number of carbonyl (C=O) groups is 2. The van der Waals surface area contributed by atoms with Gasteiger partial charge in [0.05, 0.1) is 0 Å². The molecule has 3 nitrogen and oxygen atoms in total. The van der Waals surface area contributed by atoms with Gasteiger partial charge in [-0.3, -0.25) is 0 Å². The van der Waals surface area contributed by atoms with E-state index in [9.17, 15) is 9.59 Å². The predicted molar refractivity (Wildman–Crippen MR) is 64.8 cm³/mol. The van der Waals surface area contributed by atoms with Crippen LogP contribution in [0.5, 0.6) is 0 Å². The maximum atomic E-state index is 11.9. The lowest BCUT2D eigenvalue weighted by Gasteiger charge is -2.36. The first-order chi connectivity index (χ1) is 8.76. The summed E-state index contributed by atoms with van der Waals surface area (Å²) >= 11 is 0. The van der Waals surface area contributed by atoms with Crippen LogP contribution in [0, 0.1) is 0 Å². The smallest absolute Gasteiger partial charge is 0.340 e. The van der Waals surface area contributed by atoms with Crippen LogP contribution in [0.2, 0.25) is 0 Å². The van der Waals surface area contributed by atoms with Crippen molar-refractivity contribution in [2.24, 2.45) is 0 Å². The van der Waals surface area contributed by atoms with Crippen molar-refractivity contribution in [1.29, 1.82) is 0 Å². The van der Waals surface area contributed by atoms with E-state index in [2.05, 4.69) is 4.74 Å². The van der Waals surface area contributed by atoms with Crippen LogP contribution < -0.4 is 0 Å². The van der Waals surface area contributed by atoms with Crippen molar-refractivity contribution in [2.45, 2.75) is 5.41 Å². The summed E-state index contributed by atoms with van der Waals surface area (Å²) in [5.41, 5.74) is 0.0256. The Labute approximate surface area is 104 Å². The molecule has 0 amide bonds. The zero-order chi connectivity index (χ0) is 12.6. The monoisotopic (exact) mass is 238 g/mol. The molecule has 2 aromatic rings. The summed E-state index contributed by atoms with van der Waals surface area (Å²) < 4.78 is 4.59. The van der Waals surface area contributed by atoms with E-state index >= 15 is 0 Å². The van der Waals surface area contributed by atoms with Gasteiger partial charge in [0, 0.05) is 0 Å². The van der Waals surface area contributed by atoms with Crippen LogP contribution in [0.25, 0.3) is 0 Å². The Morgan fingerprint density at radius 3 is 1.39 bits per heavy atom. The van der Waals surface area contributed by atoms with Gasteiger partial charge in [-0.1, -0.05) is 60.7 Å². The molecule has 1 fully saturated rings. The van der Waals surface area contributed by atoms with Crippen molar-refractivity contribution in [3.63, 3.8) is 0 Å². The molecule has 0 aromatic heterocycles. The second-order valence-corrected chi connectivity index (χ2v) is 4.16. The normalized spacial score (nSPS) is 16.9. The fourth-order valence-electron chi connectivity index (χ4n) is 2.29. The molecule has 1 aliphatic rings. The van der Waals surface area contributed by atoms with Crippen molar-refractivity contribution in [1.82, 2.24) is 0 Å². The van der Waals surface area contributed by atoms with Crippen LogP contribution in [0.3, 0.4) is 0 Å². The molecule has 0 bridgehead atoms. The SMILES string of the molecule is O=C1OC(=O)C1(c1ccccc1)c1ccccc1. The number of rotatable bonds is 2. The van der Waals surface area contributed by atoms with Gasteiger partial charge < -0.3 is 4.74 Å². The first kappa shape index (κ1) is 10.7. The topological polar surface area (TPSA) is 43.4 Å². The molecule has 1 aliphatic heterocycles. The Morgan fingerprint density at radius 1 is 0.667 bits per heavy atom. The van der Waals surface area contributed by atoms with E-state index in [-0.39, 0.29) is 0 Å². The summed E-state index contributed by atoms with van der Waals surface area (Å²) in [6.45, 7) is 0. The van der Waals surface area contributed by atoms with Crippen LogP contribution in [0.4, 0.5) is 0 Å². The van der Waals surface area contributed by atoms with E-state index < -0.39 is 17.4 Å². The van der Waals surface area contributed by atoms with Gasteiger partial charge in [-0.2, -0.15) is 0 Å². The molecular weight excluding hydrogens is 228 g/mol. The maximum Gasteiger partial charge on any atom is 0.340 e. The number of carbonyl (C=O) groups excluding carboxylic acids is 2. The summed E-state index contributed by atoms with van der Waals surface area (Å²) in [4.78, 5) is 23.8. The number of benzene rings is 2. The fourth-order valence-corrected chi connectivity index (χ4v) is 2.29. The second-order valence-electron chi connectivity index (χ2n) is 4.16. The Hall–Kier alpha value is -2.42. The van der Waals surface area contributed by atoms with Crippen LogP contribution in [0.15, 0.2) is 60.7 Å². The van der Waals surface area contributed by atoms with Gasteiger partial charge >= 0.3 is 11.9 Å². The Kier molecular flexibility index (Phi) is 2.27. The van der Waals surface area contributed by atoms with Crippen molar-refractivity contribution < 1.29 is 14.3 Å². The predicted octanol–water partition coefficient (Wildman–Crippen LogP) is 2.06. The third-order valence-electron chi connectivity index (χ3n) is 3.21. The molecule has 1 saturated heterocycles. The number of esters is 2. The van der Waals surface area contributed by atoms with E-state index in [4.69, 9.17) is 0 Å². The average Bonchev–Trinajstić information content (AvgIpc) is 2.41. The highest BCUT2D eigenvalue weighted by Crippen LogP contribution is 2.41. The lowest BCUT2D eigenvalue weighted by molar-refractivity contribution is -0.184. The lowest BCUT2D eigenvalue weighted by atomic mass is 9.71. The zero-order valence-corrected chi connectivity index (χ0v) is 9.50. The molecule has 0 atom stereocenters. The zero-order valence-electron chi connectivity index (χ0n) is 9.50. The molecule has 18 heavy (non-hydrogen) atoms. The summed E-state index contributed by atoms with van der Waals surface area (Å²) in [7, 11) is 0. The standard InChI is InChI=1S/C15H10O3/c16-13-15(14(17)18-13,11-7-3-1-4-8-11)12-9-5-2-6-10-12/h1-10H. The third kappa shape index (κ3) is 1.24. The van der Waals surface area contributed by atoms with E-state index in [1.807, 2.05) is 12.1 Å². The summed E-state index contributed by atoms with van der Waals surface area (Å²) in [6.07, 6.45) is 0. The number of hydrogen-bond donors (Lipinski definition) is 0. The summed E-state index contributed by atoms with van der Waals surface area (Å²) in [6, 6.07) is 18.0. The minimum absolute atomic E-state index is 0.509. The number of ether oxygens (including phenoxy) is 1. The highest BCUT2D eigenvalue weighted by molar-refractivity contribution is 6.22. The molecule has 1 heterocycles. The molecule has 3 rings (SSSR count). The average molecular weight is 238 g/mol. The first-order valence-electron chi connectivity index (χ1n) is 5.64. The molecule has 88 valence electrons. The highest BCUT2D eigenvalue weighted by Gasteiger charge is 2.61. The van der Waals surface area contributed by atoms with E-state index in [0.29, 0.717) is 11.1 Å². The molecule has 3 heteroatoms. The summed E-state index contributed by atoms with van der Waals surface area (Å²) in [5, 5.41) is 0. The number of cyclic esters (lactones) is 2. The summed E-state index contributed by atoms with van der Waals surface area (Å²) in [5.74, 6) is -1.02. The minimum atomic E-state index is -1.28. The van der Waals surface area contributed by atoms with Crippen molar-refractivity contribution in [3.05, 3.63) is 71.8 Å². The van der Waals surface area contributed by atoms with E-state index in [1.165, 1.54) is 0 Å². The van der Waals surface area contributed by atoms with Crippen molar-refractivity contribution >= 4 is 11.9 Å². The molecule has 0 radical (unpaired) electrons. The van der Waals surface area contributed by atoms with Gasteiger partial charge in [0.15, 0.2) is 0 Å². The quantitative estimate of drug-likeness (QED) is 0.594. The molecular formula is C15H10O3. The van der Waals surface area contributed by atoms with E-state index in [1.54, 1.807) is 48.5 Å². The van der Waals surface area contributed by atoms with E-state index in [0.717, 1.165) is 0 Å². The van der Waals surface area contributed by atoms with Gasteiger partial charge in [0.1, 0.15) is 0 Å². The van der Waals surface area contributed by atoms with Crippen molar-refractivity contribution in [3.8, 4) is 0 Å². The maximum absolute atomic E-state index is 11.9. The van der Waals surface area contributed by atoms with Crippen LogP contribution in [0.1, 0.15) is 11.1 Å². The van der Waals surface area contributed by atoms with Gasteiger partial charge in [-0.05, 0) is 11.1 Å². The van der Waals surface area contributed by atoms with Crippen LogP contribution in [-0.2, 0) is 19.7 Å². The van der Waals surface area contributed by atoms with Crippen LogP contribution >= 0.6 is 0 Å². The Balaban J connectivity index is 2.24. The molecule has 0 unspecified atom stereocenters. The largest absolute Gasteiger partial charge is 0.390 e. The molecule has 0 N–H and O–H groups in total. The number of hydrogen-bond acceptors (Lipinski definition) is 3. The van der Waals surface area contributed by atoms with Gasteiger partial charge in [-0.15, -0.1) is 0 Å². The minimum Gasteiger partial charge on any atom is -0.390 e. The van der Waals surface area contributed by atoms with Crippen molar-refractivity contribution in [2.75, 3.05) is 0 Å². The van der Waals surface area contributed by atoms with Gasteiger partial charge in [-0.25, -0.2) is 9.59 Å². The van der Waals surface area contributed by atoms with Gasteiger partial charge in [0.25, 0.3) is 0 Å². The van der Waals surface area contributed by atoms with Crippen LogP contribution in [-0.4, -0.2) is 11.9 Å². The fraction of sp³-hybridized carbons (Fsp3) is 0.0667. The first-order valence-corrected chi connectivity index (χ1v) is 5.64.